The quantitative estimate of drug-likeness (QED) is 0.406. The molecule has 0 unspecified atom stereocenters. The third-order valence-corrected chi connectivity index (χ3v) is 8.98. The van der Waals surface area contributed by atoms with Crippen LogP contribution >= 0.6 is 11.6 Å². The number of sulfone groups is 1. The molecular weight excluding hydrogens is 595 g/mol. The third kappa shape index (κ3) is 7.27. The van der Waals surface area contributed by atoms with E-state index in [1.54, 1.807) is 6.92 Å². The molecular formula is C24H27ClF7N3O4S. The van der Waals surface area contributed by atoms with E-state index in [2.05, 4.69) is 10.3 Å². The number of aromatic nitrogens is 2. The summed E-state index contributed by atoms with van der Waals surface area (Å²) in [6, 6.07) is 2.39. The van der Waals surface area contributed by atoms with Crippen LogP contribution in [-0.2, 0) is 22.7 Å². The second-order valence-electron chi connectivity index (χ2n) is 9.92. The number of hydrogen-bond donors (Lipinski definition) is 2. The lowest BCUT2D eigenvalue weighted by atomic mass is 9.84. The van der Waals surface area contributed by atoms with Crippen LogP contribution in [0.15, 0.2) is 18.2 Å². The molecule has 2 N–H and O–H groups in total. The molecule has 0 atom stereocenters. The van der Waals surface area contributed by atoms with Crippen LogP contribution in [0.4, 0.5) is 30.7 Å². The number of benzene rings is 1. The number of carbonyl (C=O) groups excluding carboxylic acids is 1. The summed E-state index contributed by atoms with van der Waals surface area (Å²) in [5.74, 6) is -5.61. The molecule has 16 heteroatoms. The van der Waals surface area contributed by atoms with Gasteiger partial charge in [-0.15, -0.1) is 0 Å². The first kappa shape index (κ1) is 32.1. The number of rotatable bonds is 8. The molecule has 1 heterocycles. The Bertz CT molecular complexity index is 1340. The van der Waals surface area contributed by atoms with E-state index in [4.69, 9.17) is 11.6 Å². The van der Waals surface area contributed by atoms with Crippen LogP contribution < -0.4 is 5.32 Å². The summed E-state index contributed by atoms with van der Waals surface area (Å²) in [7, 11) is -3.27. The maximum absolute atomic E-state index is 15.0. The number of alkyl halides is 6. The molecule has 0 aliphatic heterocycles. The molecule has 1 amide bonds. The summed E-state index contributed by atoms with van der Waals surface area (Å²) in [4.78, 5) is 17.0. The van der Waals surface area contributed by atoms with Crippen molar-refractivity contribution in [1.82, 2.24) is 14.9 Å². The Hall–Kier alpha value is -2.39. The van der Waals surface area contributed by atoms with Gasteiger partial charge in [0.2, 0.25) is 0 Å². The molecule has 1 aliphatic rings. The van der Waals surface area contributed by atoms with Crippen molar-refractivity contribution < 1.29 is 49.1 Å². The Morgan fingerprint density at radius 2 is 1.77 bits per heavy atom. The molecule has 7 nitrogen and oxygen atoms in total. The van der Waals surface area contributed by atoms with E-state index in [1.807, 2.05) is 0 Å². The average Bonchev–Trinajstić information content (AvgIpc) is 3.15. The van der Waals surface area contributed by atoms with Crippen molar-refractivity contribution >= 4 is 27.3 Å². The van der Waals surface area contributed by atoms with Crippen LogP contribution in [0.3, 0.4) is 0 Å². The van der Waals surface area contributed by atoms with Crippen molar-refractivity contribution in [2.45, 2.75) is 68.7 Å². The molecule has 0 spiro atoms. The van der Waals surface area contributed by atoms with Gasteiger partial charge in [-0.2, -0.15) is 26.3 Å². The van der Waals surface area contributed by atoms with Gasteiger partial charge in [-0.05, 0) is 49.8 Å². The Morgan fingerprint density at radius 1 is 1.20 bits per heavy atom. The molecule has 2 aromatic rings. The molecule has 1 aromatic heterocycles. The van der Waals surface area contributed by atoms with Crippen molar-refractivity contribution in [1.29, 1.82) is 0 Å². The predicted octanol–water partition coefficient (Wildman–Crippen LogP) is 4.96. The molecule has 1 fully saturated rings. The number of nitrogens with zero attached hydrogens (tertiary/aromatic N) is 2. The van der Waals surface area contributed by atoms with E-state index >= 15 is 0 Å². The standard InChI is InChI=1S/C24H27ClF7N3O4S/c1-3-18-34-19(21(36)33-12-22(37)8-6-14(7-9-22)40(2,38)39)20(25)35(18)16-5-4-13(10-15(16)26)11-17(23(27,28)29)24(30,31)32/h4-5,10,14,17,37H,3,6-9,11-12H2,1-2H3,(H,33,36). The van der Waals surface area contributed by atoms with E-state index < -0.39 is 62.7 Å². The minimum absolute atomic E-state index is 0.0811. The van der Waals surface area contributed by atoms with Gasteiger partial charge in [0.25, 0.3) is 5.91 Å². The summed E-state index contributed by atoms with van der Waals surface area (Å²) in [5, 5.41) is 12.3. The molecule has 1 aliphatic carbocycles. The first-order chi connectivity index (χ1) is 18.3. The van der Waals surface area contributed by atoms with Crippen molar-refractivity contribution in [2.75, 3.05) is 12.8 Å². The van der Waals surface area contributed by atoms with Crippen LogP contribution in [0.25, 0.3) is 5.69 Å². The van der Waals surface area contributed by atoms with Gasteiger partial charge in [0, 0.05) is 19.2 Å². The van der Waals surface area contributed by atoms with Crippen LogP contribution in [-0.4, -0.2) is 65.0 Å². The monoisotopic (exact) mass is 621 g/mol. The van der Waals surface area contributed by atoms with Crippen molar-refractivity contribution in [2.24, 2.45) is 5.92 Å². The summed E-state index contributed by atoms with van der Waals surface area (Å²) in [5.41, 5.74) is -2.60. The van der Waals surface area contributed by atoms with Crippen molar-refractivity contribution in [3.05, 3.63) is 46.3 Å². The van der Waals surface area contributed by atoms with Gasteiger partial charge in [-0.25, -0.2) is 17.8 Å². The Balaban J connectivity index is 1.81. The zero-order valence-electron chi connectivity index (χ0n) is 21.3. The molecule has 40 heavy (non-hydrogen) atoms. The smallest absolute Gasteiger partial charge is 0.388 e. The first-order valence-electron chi connectivity index (χ1n) is 12.2. The van der Waals surface area contributed by atoms with E-state index in [1.165, 1.54) is 0 Å². The molecule has 1 saturated carbocycles. The fourth-order valence-electron chi connectivity index (χ4n) is 4.64. The second-order valence-corrected chi connectivity index (χ2v) is 12.6. The van der Waals surface area contributed by atoms with Crippen molar-refractivity contribution in [3.63, 3.8) is 0 Å². The summed E-state index contributed by atoms with van der Waals surface area (Å²) >= 11 is 6.33. The maximum atomic E-state index is 15.0. The molecule has 0 radical (unpaired) electrons. The number of aliphatic hydroxyl groups is 1. The van der Waals surface area contributed by atoms with E-state index in [9.17, 15) is 49.1 Å². The predicted molar refractivity (Wildman–Crippen MR) is 132 cm³/mol. The zero-order chi connectivity index (χ0) is 30.3. The Morgan fingerprint density at radius 3 is 2.25 bits per heavy atom. The molecule has 0 saturated heterocycles. The Kier molecular flexibility index (Phi) is 9.22. The summed E-state index contributed by atoms with van der Waals surface area (Å²) in [6.45, 7) is 1.36. The highest BCUT2D eigenvalue weighted by atomic mass is 35.5. The fraction of sp³-hybridized carbons (Fsp3) is 0.583. The van der Waals surface area contributed by atoms with Crippen LogP contribution in [0.1, 0.15) is 54.5 Å². The Labute approximate surface area is 230 Å². The SMILES string of the molecule is CCc1nc(C(=O)NCC2(O)CCC(S(C)(=O)=O)CC2)c(Cl)n1-c1ccc(CC(C(F)(F)F)C(F)(F)F)cc1F. The highest BCUT2D eigenvalue weighted by Gasteiger charge is 2.56. The zero-order valence-corrected chi connectivity index (χ0v) is 22.9. The normalized spacial score (nSPS) is 20.6. The summed E-state index contributed by atoms with van der Waals surface area (Å²) < 4.78 is 117. The van der Waals surface area contributed by atoms with E-state index in [0.717, 1.165) is 23.0 Å². The lowest BCUT2D eigenvalue weighted by molar-refractivity contribution is -0.283. The first-order valence-corrected chi connectivity index (χ1v) is 14.5. The number of carbonyl (C=O) groups is 1. The van der Waals surface area contributed by atoms with Gasteiger partial charge >= 0.3 is 12.4 Å². The number of halogens is 8. The van der Waals surface area contributed by atoms with Gasteiger partial charge in [0.15, 0.2) is 11.6 Å². The van der Waals surface area contributed by atoms with Gasteiger partial charge in [0.1, 0.15) is 26.6 Å². The van der Waals surface area contributed by atoms with E-state index in [-0.39, 0.29) is 61.0 Å². The lowest BCUT2D eigenvalue weighted by Gasteiger charge is -2.35. The van der Waals surface area contributed by atoms with Gasteiger partial charge in [-0.3, -0.25) is 9.36 Å². The van der Waals surface area contributed by atoms with Gasteiger partial charge < -0.3 is 10.4 Å². The number of hydrogen-bond acceptors (Lipinski definition) is 5. The molecule has 224 valence electrons. The minimum atomic E-state index is -5.58. The third-order valence-electron chi connectivity index (χ3n) is 6.95. The molecule has 3 rings (SSSR count). The van der Waals surface area contributed by atoms with Crippen molar-refractivity contribution in [3.8, 4) is 5.69 Å². The molecule has 1 aromatic carbocycles. The van der Waals surface area contributed by atoms with Crippen LogP contribution in [0, 0.1) is 11.7 Å². The van der Waals surface area contributed by atoms with Gasteiger partial charge in [0.05, 0.1) is 16.5 Å². The second kappa shape index (κ2) is 11.5. The minimum Gasteiger partial charge on any atom is -0.388 e. The maximum Gasteiger partial charge on any atom is 0.400 e. The number of aryl methyl sites for hydroxylation is 1. The topological polar surface area (TPSA) is 101 Å². The highest BCUT2D eigenvalue weighted by molar-refractivity contribution is 7.91. The number of amides is 1. The number of imidazole rings is 1. The number of nitrogens with one attached hydrogen (secondary N) is 1. The fourth-order valence-corrected chi connectivity index (χ4v) is 6.05. The average molecular weight is 622 g/mol. The van der Waals surface area contributed by atoms with Gasteiger partial charge in [-0.1, -0.05) is 24.6 Å². The molecule has 0 bridgehead atoms. The van der Waals surface area contributed by atoms with Crippen LogP contribution in [0.2, 0.25) is 5.15 Å². The summed E-state index contributed by atoms with van der Waals surface area (Å²) in [6.07, 6.45) is -10.8. The van der Waals surface area contributed by atoms with Crippen LogP contribution in [0.5, 0.6) is 0 Å². The van der Waals surface area contributed by atoms with E-state index in [0.29, 0.717) is 6.07 Å². The highest BCUT2D eigenvalue weighted by Crippen LogP contribution is 2.41. The lowest BCUT2D eigenvalue weighted by Crippen LogP contribution is -2.47. The largest absolute Gasteiger partial charge is 0.400 e.